The molecule has 0 saturated heterocycles. The molecule has 0 amide bonds. The summed E-state index contributed by atoms with van der Waals surface area (Å²) in [6.07, 6.45) is 0. The molecule has 0 fully saturated rings. The van der Waals surface area contributed by atoms with E-state index in [2.05, 4.69) is 0 Å². The van der Waals surface area contributed by atoms with Gasteiger partial charge >= 0.3 is 0 Å². The van der Waals surface area contributed by atoms with Crippen LogP contribution in [0.3, 0.4) is 0 Å². The largest absolute Gasteiger partial charge is 0.495 e. The van der Waals surface area contributed by atoms with Gasteiger partial charge in [-0.2, -0.15) is 0 Å². The molecule has 0 aromatic heterocycles. The van der Waals surface area contributed by atoms with Crippen LogP contribution >= 0.6 is 81.4 Å². The summed E-state index contributed by atoms with van der Waals surface area (Å²) in [5.74, 6) is 0.955. The number of hydrogen-bond acceptors (Lipinski definition) is 3. The maximum Gasteiger partial charge on any atom is 0.138 e. The predicted molar refractivity (Wildman–Crippen MR) is 160 cm³/mol. The van der Waals surface area contributed by atoms with E-state index in [9.17, 15) is 0 Å². The standard InChI is InChI=1S/C28H20Cl6O2S/c1-35-21-13-11-17(23(31)25(21)33)27(15-7-3-5-9-19(15)29)37-28(16-8-4-6-10-20(16)30)18-12-14-22(36-2)26(34)24(18)32/h3-14,27-28H,1-2H3. The molecule has 4 aromatic rings. The minimum absolute atomic E-state index is 0.319. The fraction of sp³-hybridized carbons (Fsp3) is 0.143. The number of halogens is 6. The molecular formula is C28H20Cl6O2S. The van der Waals surface area contributed by atoms with Crippen molar-refractivity contribution in [3.05, 3.63) is 125 Å². The van der Waals surface area contributed by atoms with Gasteiger partial charge in [0, 0.05) is 10.0 Å². The zero-order valence-corrected chi connectivity index (χ0v) is 24.9. The number of rotatable bonds is 8. The van der Waals surface area contributed by atoms with Crippen molar-refractivity contribution >= 4 is 81.4 Å². The molecule has 0 bridgehead atoms. The Balaban J connectivity index is 1.95. The molecular weight excluding hydrogens is 613 g/mol. The Hall–Kier alpha value is -1.43. The van der Waals surface area contributed by atoms with Crippen molar-refractivity contribution in [1.29, 1.82) is 0 Å². The second kappa shape index (κ2) is 12.6. The summed E-state index contributed by atoms with van der Waals surface area (Å²) in [7, 11) is 3.08. The Kier molecular flexibility index (Phi) is 9.74. The molecule has 0 heterocycles. The highest BCUT2D eigenvalue weighted by molar-refractivity contribution is 8.00. The van der Waals surface area contributed by atoms with Crippen molar-refractivity contribution in [3.8, 4) is 11.5 Å². The summed E-state index contributed by atoms with van der Waals surface area (Å²) < 4.78 is 10.7. The van der Waals surface area contributed by atoms with Crippen LogP contribution in [-0.4, -0.2) is 14.2 Å². The second-order valence-electron chi connectivity index (χ2n) is 7.91. The highest BCUT2D eigenvalue weighted by Crippen LogP contribution is 2.55. The predicted octanol–water partition coefficient (Wildman–Crippen LogP) is 11.2. The van der Waals surface area contributed by atoms with Gasteiger partial charge < -0.3 is 9.47 Å². The number of thioether (sulfide) groups is 1. The quantitative estimate of drug-likeness (QED) is 0.192. The molecule has 0 aliphatic carbocycles. The lowest BCUT2D eigenvalue weighted by Crippen LogP contribution is -2.07. The average Bonchev–Trinajstić information content (AvgIpc) is 2.90. The third-order valence-electron chi connectivity index (χ3n) is 5.81. The molecule has 2 atom stereocenters. The van der Waals surface area contributed by atoms with E-state index in [0.29, 0.717) is 41.6 Å². The van der Waals surface area contributed by atoms with E-state index in [4.69, 9.17) is 79.1 Å². The summed E-state index contributed by atoms with van der Waals surface area (Å²) in [6, 6.07) is 22.6. The van der Waals surface area contributed by atoms with Crippen LogP contribution < -0.4 is 9.47 Å². The molecule has 2 unspecified atom stereocenters. The fourth-order valence-electron chi connectivity index (χ4n) is 3.95. The van der Waals surface area contributed by atoms with Crippen LogP contribution in [0.1, 0.15) is 32.8 Å². The van der Waals surface area contributed by atoms with E-state index in [-0.39, 0.29) is 10.5 Å². The van der Waals surface area contributed by atoms with Gasteiger partial charge in [0.25, 0.3) is 0 Å². The Morgan fingerprint density at radius 3 is 1.22 bits per heavy atom. The Labute approximate surface area is 250 Å². The van der Waals surface area contributed by atoms with Gasteiger partial charge in [-0.05, 0) is 46.5 Å². The van der Waals surface area contributed by atoms with Gasteiger partial charge in [-0.25, -0.2) is 0 Å². The Bertz CT molecular complexity index is 1320. The molecule has 0 radical (unpaired) electrons. The monoisotopic (exact) mass is 630 g/mol. The van der Waals surface area contributed by atoms with Crippen molar-refractivity contribution < 1.29 is 9.47 Å². The third kappa shape index (κ3) is 5.94. The van der Waals surface area contributed by atoms with Crippen molar-refractivity contribution in [2.75, 3.05) is 14.2 Å². The highest BCUT2D eigenvalue weighted by Gasteiger charge is 2.30. The maximum atomic E-state index is 6.82. The summed E-state index contributed by atoms with van der Waals surface area (Å²) in [4.78, 5) is 0. The number of methoxy groups -OCH3 is 2. The second-order valence-corrected chi connectivity index (χ2v) is 11.5. The van der Waals surface area contributed by atoms with E-state index in [1.807, 2.05) is 60.7 Å². The zero-order valence-electron chi connectivity index (χ0n) is 19.6. The first-order chi connectivity index (χ1) is 17.8. The molecule has 0 N–H and O–H groups in total. The topological polar surface area (TPSA) is 18.5 Å². The smallest absolute Gasteiger partial charge is 0.138 e. The maximum absolute atomic E-state index is 6.82. The third-order valence-corrected chi connectivity index (χ3v) is 9.81. The fourth-order valence-corrected chi connectivity index (χ4v) is 7.39. The SMILES string of the molecule is COc1ccc(C(SC(c2ccccc2Cl)c2ccc(OC)c(Cl)c2Cl)c2ccccc2Cl)c(Cl)c1Cl. The van der Waals surface area contributed by atoms with E-state index >= 15 is 0 Å². The molecule has 0 aliphatic heterocycles. The minimum Gasteiger partial charge on any atom is -0.495 e. The van der Waals surface area contributed by atoms with Crippen LogP contribution in [0.5, 0.6) is 11.5 Å². The van der Waals surface area contributed by atoms with Crippen LogP contribution in [0.25, 0.3) is 0 Å². The van der Waals surface area contributed by atoms with Gasteiger partial charge in [-0.1, -0.05) is 118 Å². The lowest BCUT2D eigenvalue weighted by molar-refractivity contribution is 0.415. The van der Waals surface area contributed by atoms with Crippen molar-refractivity contribution in [2.24, 2.45) is 0 Å². The van der Waals surface area contributed by atoms with Gasteiger partial charge in [-0.15, -0.1) is 11.8 Å². The summed E-state index contributed by atoms with van der Waals surface area (Å²) in [6.45, 7) is 0. The molecule has 2 nitrogen and oxygen atoms in total. The number of hydrogen-bond donors (Lipinski definition) is 0. The van der Waals surface area contributed by atoms with Crippen molar-refractivity contribution in [2.45, 2.75) is 10.5 Å². The van der Waals surface area contributed by atoms with Crippen LogP contribution in [0.15, 0.2) is 72.8 Å². The Morgan fingerprint density at radius 1 is 0.486 bits per heavy atom. The molecule has 192 valence electrons. The van der Waals surface area contributed by atoms with E-state index in [1.54, 1.807) is 38.1 Å². The summed E-state index contributed by atoms with van der Waals surface area (Å²) >= 11 is 41.8. The first-order valence-corrected chi connectivity index (χ1v) is 14.2. The molecule has 0 aliphatic rings. The zero-order chi connectivity index (χ0) is 26.7. The molecule has 4 rings (SSSR count). The number of benzene rings is 4. The molecule has 0 saturated carbocycles. The lowest BCUT2D eigenvalue weighted by atomic mass is 10.0. The minimum atomic E-state index is -0.358. The van der Waals surface area contributed by atoms with Crippen molar-refractivity contribution in [1.82, 2.24) is 0 Å². The Morgan fingerprint density at radius 2 is 0.865 bits per heavy atom. The van der Waals surface area contributed by atoms with Crippen LogP contribution in [0.2, 0.25) is 30.1 Å². The normalized spacial score (nSPS) is 12.8. The molecule has 0 spiro atoms. The van der Waals surface area contributed by atoms with Gasteiger partial charge in [0.15, 0.2) is 0 Å². The van der Waals surface area contributed by atoms with Crippen LogP contribution in [0, 0.1) is 0 Å². The number of ether oxygens (including phenoxy) is 2. The van der Waals surface area contributed by atoms with Crippen LogP contribution in [0.4, 0.5) is 0 Å². The first kappa shape index (κ1) is 28.6. The van der Waals surface area contributed by atoms with Gasteiger partial charge in [0.05, 0.1) is 34.8 Å². The molecule has 37 heavy (non-hydrogen) atoms. The first-order valence-electron chi connectivity index (χ1n) is 11.0. The summed E-state index contributed by atoms with van der Waals surface area (Å²) in [5.41, 5.74) is 3.23. The molecule has 9 heteroatoms. The van der Waals surface area contributed by atoms with Gasteiger partial charge in [0.2, 0.25) is 0 Å². The average molecular weight is 633 g/mol. The van der Waals surface area contributed by atoms with Gasteiger partial charge in [-0.3, -0.25) is 0 Å². The summed E-state index contributed by atoms with van der Waals surface area (Å²) in [5, 5.41) is 1.83. The van der Waals surface area contributed by atoms with E-state index < -0.39 is 0 Å². The lowest BCUT2D eigenvalue weighted by Gasteiger charge is -2.28. The van der Waals surface area contributed by atoms with Gasteiger partial charge in [0.1, 0.15) is 21.5 Å². The van der Waals surface area contributed by atoms with E-state index in [1.165, 1.54) is 0 Å². The molecule has 4 aromatic carbocycles. The highest BCUT2D eigenvalue weighted by atomic mass is 35.5. The van der Waals surface area contributed by atoms with Crippen molar-refractivity contribution in [3.63, 3.8) is 0 Å². The van der Waals surface area contributed by atoms with Crippen LogP contribution in [-0.2, 0) is 0 Å². The van der Waals surface area contributed by atoms with E-state index in [0.717, 1.165) is 22.3 Å².